The summed E-state index contributed by atoms with van der Waals surface area (Å²) < 4.78 is 7.04. The molecule has 19 heavy (non-hydrogen) atoms. The van der Waals surface area contributed by atoms with Crippen LogP contribution in [0.25, 0.3) is 0 Å². The second-order valence-corrected chi connectivity index (χ2v) is 7.00. The van der Waals surface area contributed by atoms with Crippen molar-refractivity contribution in [2.24, 2.45) is 5.41 Å². The van der Waals surface area contributed by atoms with E-state index in [0.717, 1.165) is 25.6 Å². The normalized spacial score (nSPS) is 30.7. The van der Waals surface area contributed by atoms with Gasteiger partial charge in [-0.25, -0.2) is 0 Å². The average molecular weight is 324 g/mol. The van der Waals surface area contributed by atoms with Gasteiger partial charge in [0.15, 0.2) is 0 Å². The fourth-order valence-electron chi connectivity index (χ4n) is 3.03. The molecule has 2 nitrogen and oxygen atoms in total. The van der Waals surface area contributed by atoms with Gasteiger partial charge < -0.3 is 10.1 Å². The van der Waals surface area contributed by atoms with Gasteiger partial charge in [0.25, 0.3) is 0 Å². The first-order valence-electron chi connectivity index (χ1n) is 7.27. The molecule has 1 saturated heterocycles. The zero-order valence-corrected chi connectivity index (χ0v) is 13.1. The Morgan fingerprint density at radius 3 is 2.89 bits per heavy atom. The Bertz CT molecular complexity index is 446. The zero-order valence-electron chi connectivity index (χ0n) is 11.5. The summed E-state index contributed by atoms with van der Waals surface area (Å²) >= 11 is 3.57. The third-order valence-corrected chi connectivity index (χ3v) is 5.09. The molecule has 1 aliphatic heterocycles. The largest absolute Gasteiger partial charge is 0.378 e. The van der Waals surface area contributed by atoms with Crippen molar-refractivity contribution >= 4 is 15.9 Å². The maximum Gasteiger partial charge on any atom is 0.0619 e. The second-order valence-electron chi connectivity index (χ2n) is 6.09. The number of hydrogen-bond acceptors (Lipinski definition) is 2. The van der Waals surface area contributed by atoms with E-state index in [4.69, 9.17) is 4.74 Å². The molecular weight excluding hydrogens is 302 g/mol. The lowest BCUT2D eigenvalue weighted by atomic mass is 9.76. The van der Waals surface area contributed by atoms with Gasteiger partial charge in [0.05, 0.1) is 6.10 Å². The monoisotopic (exact) mass is 323 g/mol. The van der Waals surface area contributed by atoms with E-state index in [1.165, 1.54) is 29.3 Å². The van der Waals surface area contributed by atoms with Crippen LogP contribution in [0.15, 0.2) is 28.7 Å². The fraction of sp³-hybridized carbons (Fsp3) is 0.625. The molecule has 1 saturated carbocycles. The molecule has 1 aromatic carbocycles. The van der Waals surface area contributed by atoms with Gasteiger partial charge in [0.1, 0.15) is 0 Å². The highest BCUT2D eigenvalue weighted by Gasteiger charge is 2.42. The van der Waals surface area contributed by atoms with Gasteiger partial charge >= 0.3 is 0 Å². The number of rotatable bonds is 5. The molecule has 1 N–H and O–H groups in total. The van der Waals surface area contributed by atoms with Crippen LogP contribution in [0.5, 0.6) is 0 Å². The quantitative estimate of drug-likeness (QED) is 0.894. The van der Waals surface area contributed by atoms with E-state index in [-0.39, 0.29) is 5.41 Å². The lowest BCUT2D eigenvalue weighted by molar-refractivity contribution is 0.0628. The van der Waals surface area contributed by atoms with Crippen LogP contribution in [0.4, 0.5) is 0 Å². The minimum Gasteiger partial charge on any atom is -0.378 e. The van der Waals surface area contributed by atoms with Crippen LogP contribution in [0.1, 0.15) is 31.7 Å². The molecule has 3 heteroatoms. The van der Waals surface area contributed by atoms with E-state index in [1.54, 1.807) is 0 Å². The van der Waals surface area contributed by atoms with Gasteiger partial charge in [-0.2, -0.15) is 0 Å². The molecule has 1 aromatic rings. The standard InChI is InChI=1S/C16H22BrNO/c1-12-16(7-8-19-12,11-18-15-5-6-15)10-13-3-2-4-14(17)9-13/h2-4,9,12,15,18H,5-8,10-11H2,1H3. The molecule has 2 aliphatic rings. The molecule has 0 amide bonds. The molecule has 2 fully saturated rings. The first-order chi connectivity index (χ1) is 9.18. The Hall–Kier alpha value is -0.380. The minimum absolute atomic E-state index is 0.267. The number of hydrogen-bond donors (Lipinski definition) is 1. The second kappa shape index (κ2) is 5.55. The summed E-state index contributed by atoms with van der Waals surface area (Å²) in [6.07, 6.45) is 5.32. The van der Waals surface area contributed by atoms with Crippen molar-refractivity contribution < 1.29 is 4.74 Å². The van der Waals surface area contributed by atoms with E-state index in [0.29, 0.717) is 6.10 Å². The first-order valence-corrected chi connectivity index (χ1v) is 8.07. The summed E-state index contributed by atoms with van der Waals surface area (Å²) in [5.41, 5.74) is 1.67. The molecular formula is C16H22BrNO. The lowest BCUT2D eigenvalue weighted by Crippen LogP contribution is -2.42. The predicted molar refractivity (Wildman–Crippen MR) is 81.3 cm³/mol. The summed E-state index contributed by atoms with van der Waals surface area (Å²) in [5.74, 6) is 0. The van der Waals surface area contributed by atoms with Crippen molar-refractivity contribution in [3.63, 3.8) is 0 Å². The Balaban J connectivity index is 1.74. The number of ether oxygens (including phenoxy) is 1. The zero-order chi connectivity index (χ0) is 13.3. The minimum atomic E-state index is 0.267. The Morgan fingerprint density at radius 1 is 1.42 bits per heavy atom. The van der Waals surface area contributed by atoms with Crippen LogP contribution in [0.3, 0.4) is 0 Å². The molecule has 1 aliphatic carbocycles. The van der Waals surface area contributed by atoms with Crippen molar-refractivity contribution in [2.75, 3.05) is 13.2 Å². The van der Waals surface area contributed by atoms with Gasteiger partial charge in [-0.1, -0.05) is 28.1 Å². The van der Waals surface area contributed by atoms with Crippen molar-refractivity contribution in [1.82, 2.24) is 5.32 Å². The molecule has 0 spiro atoms. The highest BCUT2D eigenvalue weighted by molar-refractivity contribution is 9.10. The van der Waals surface area contributed by atoms with Crippen molar-refractivity contribution in [2.45, 2.75) is 44.8 Å². The van der Waals surface area contributed by atoms with Crippen molar-refractivity contribution in [3.05, 3.63) is 34.3 Å². The molecule has 104 valence electrons. The smallest absolute Gasteiger partial charge is 0.0619 e. The van der Waals surface area contributed by atoms with Crippen molar-refractivity contribution in [1.29, 1.82) is 0 Å². The average Bonchev–Trinajstić information content (AvgIpc) is 3.14. The van der Waals surface area contributed by atoms with Gasteiger partial charge in [-0.05, 0) is 50.3 Å². The van der Waals surface area contributed by atoms with E-state index < -0.39 is 0 Å². The molecule has 0 bridgehead atoms. The first kappa shape index (κ1) is 13.6. The van der Waals surface area contributed by atoms with Crippen LogP contribution in [0.2, 0.25) is 0 Å². The Kier molecular flexibility index (Phi) is 3.97. The van der Waals surface area contributed by atoms with Gasteiger partial charge in [0.2, 0.25) is 0 Å². The molecule has 2 unspecified atom stereocenters. The Labute approximate surface area is 124 Å². The number of nitrogens with one attached hydrogen (secondary N) is 1. The van der Waals surface area contributed by atoms with Crippen LogP contribution in [0, 0.1) is 5.41 Å². The Morgan fingerprint density at radius 2 is 2.26 bits per heavy atom. The van der Waals surface area contributed by atoms with E-state index >= 15 is 0 Å². The number of benzene rings is 1. The van der Waals surface area contributed by atoms with E-state index in [2.05, 4.69) is 52.4 Å². The predicted octanol–water partition coefficient (Wildman–Crippen LogP) is 3.54. The summed E-state index contributed by atoms with van der Waals surface area (Å²) in [7, 11) is 0. The maximum atomic E-state index is 5.87. The third kappa shape index (κ3) is 3.21. The molecule has 0 radical (unpaired) electrons. The van der Waals surface area contributed by atoms with E-state index in [9.17, 15) is 0 Å². The topological polar surface area (TPSA) is 21.3 Å². The summed E-state index contributed by atoms with van der Waals surface area (Å²) in [6.45, 7) is 4.23. The summed E-state index contributed by atoms with van der Waals surface area (Å²) in [5, 5.41) is 3.71. The SMILES string of the molecule is CC1OCCC1(CNC1CC1)Cc1cccc(Br)c1. The van der Waals surface area contributed by atoms with Crippen LogP contribution >= 0.6 is 15.9 Å². The lowest BCUT2D eigenvalue weighted by Gasteiger charge is -2.33. The van der Waals surface area contributed by atoms with Gasteiger partial charge in [-0.3, -0.25) is 0 Å². The molecule has 0 aromatic heterocycles. The fourth-order valence-corrected chi connectivity index (χ4v) is 3.48. The summed E-state index contributed by atoms with van der Waals surface area (Å²) in [6, 6.07) is 9.46. The summed E-state index contributed by atoms with van der Waals surface area (Å²) in [4.78, 5) is 0. The third-order valence-electron chi connectivity index (χ3n) is 4.60. The van der Waals surface area contributed by atoms with Crippen LogP contribution in [-0.2, 0) is 11.2 Å². The van der Waals surface area contributed by atoms with Crippen LogP contribution in [-0.4, -0.2) is 25.3 Å². The van der Waals surface area contributed by atoms with E-state index in [1.807, 2.05) is 0 Å². The molecule has 1 heterocycles. The van der Waals surface area contributed by atoms with Crippen molar-refractivity contribution in [3.8, 4) is 0 Å². The van der Waals surface area contributed by atoms with Gasteiger partial charge in [0, 0.05) is 29.1 Å². The highest BCUT2D eigenvalue weighted by atomic mass is 79.9. The number of halogens is 1. The van der Waals surface area contributed by atoms with Crippen LogP contribution < -0.4 is 5.32 Å². The maximum absolute atomic E-state index is 5.87. The molecule has 3 rings (SSSR count). The van der Waals surface area contributed by atoms with Gasteiger partial charge in [-0.15, -0.1) is 0 Å². The highest BCUT2D eigenvalue weighted by Crippen LogP contribution is 2.39. The molecule has 2 atom stereocenters.